The maximum absolute atomic E-state index is 12.0. The summed E-state index contributed by atoms with van der Waals surface area (Å²) >= 11 is 0. The summed E-state index contributed by atoms with van der Waals surface area (Å²) < 4.78 is 5.24. The molecule has 20 heavy (non-hydrogen) atoms. The number of aromatic carboxylic acids is 1. The summed E-state index contributed by atoms with van der Waals surface area (Å²) in [6.45, 7) is 4.17. The first kappa shape index (κ1) is 16.2. The predicted molar refractivity (Wildman–Crippen MR) is 75.6 cm³/mol. The zero-order valence-electron chi connectivity index (χ0n) is 12.3. The van der Waals surface area contributed by atoms with Gasteiger partial charge in [0.15, 0.2) is 0 Å². The molecule has 0 unspecified atom stereocenters. The minimum absolute atomic E-state index is 0.0147. The van der Waals surface area contributed by atoms with E-state index in [1.807, 2.05) is 13.8 Å². The van der Waals surface area contributed by atoms with Crippen LogP contribution in [-0.2, 0) is 16.1 Å². The molecule has 0 aliphatic carbocycles. The summed E-state index contributed by atoms with van der Waals surface area (Å²) in [6.07, 6.45) is 0.299. The molecule has 1 rings (SSSR count). The van der Waals surface area contributed by atoms with Crippen LogP contribution in [0.15, 0.2) is 24.3 Å². The highest BCUT2D eigenvalue weighted by Crippen LogP contribution is 2.15. The number of hydrogen-bond acceptors (Lipinski definition) is 3. The third-order valence-corrected chi connectivity index (χ3v) is 3.18. The van der Waals surface area contributed by atoms with Crippen molar-refractivity contribution in [3.05, 3.63) is 35.4 Å². The van der Waals surface area contributed by atoms with Crippen molar-refractivity contribution in [2.75, 3.05) is 14.2 Å². The summed E-state index contributed by atoms with van der Waals surface area (Å²) in [7, 11) is 3.30. The Bertz CT molecular complexity index is 479. The van der Waals surface area contributed by atoms with Gasteiger partial charge in [0.25, 0.3) is 0 Å². The van der Waals surface area contributed by atoms with E-state index >= 15 is 0 Å². The number of nitrogens with zero attached hydrogens (tertiary/aromatic N) is 1. The van der Waals surface area contributed by atoms with Gasteiger partial charge in [-0.15, -0.1) is 0 Å². The molecule has 0 aliphatic heterocycles. The van der Waals surface area contributed by atoms with Gasteiger partial charge in [-0.3, -0.25) is 4.79 Å². The Kier molecular flexibility index (Phi) is 5.27. The van der Waals surface area contributed by atoms with Crippen LogP contribution >= 0.6 is 0 Å². The highest BCUT2D eigenvalue weighted by atomic mass is 16.5. The summed E-state index contributed by atoms with van der Waals surface area (Å²) in [5, 5.41) is 8.82. The van der Waals surface area contributed by atoms with Crippen LogP contribution in [0.1, 0.15) is 36.2 Å². The van der Waals surface area contributed by atoms with Crippen molar-refractivity contribution in [2.24, 2.45) is 0 Å². The number of rotatable bonds is 6. The van der Waals surface area contributed by atoms with Crippen LogP contribution in [0.2, 0.25) is 0 Å². The molecule has 5 nitrogen and oxygen atoms in total. The molecule has 0 aromatic heterocycles. The standard InChI is InChI=1S/C15H21NO4/c1-15(2,20-4)9-13(17)16(3)10-11-5-7-12(8-6-11)14(18)19/h5-8H,9-10H2,1-4H3,(H,18,19). The zero-order valence-corrected chi connectivity index (χ0v) is 12.3. The van der Waals surface area contributed by atoms with Crippen LogP contribution in [0.3, 0.4) is 0 Å². The Morgan fingerprint density at radius 2 is 1.80 bits per heavy atom. The number of carbonyl (C=O) groups is 2. The van der Waals surface area contributed by atoms with Crippen molar-refractivity contribution in [1.29, 1.82) is 0 Å². The third kappa shape index (κ3) is 4.66. The Labute approximate surface area is 119 Å². The van der Waals surface area contributed by atoms with Gasteiger partial charge < -0.3 is 14.7 Å². The fourth-order valence-electron chi connectivity index (χ4n) is 1.69. The van der Waals surface area contributed by atoms with Crippen LogP contribution in [-0.4, -0.2) is 41.6 Å². The van der Waals surface area contributed by atoms with Gasteiger partial charge in [-0.2, -0.15) is 0 Å². The number of benzene rings is 1. The topological polar surface area (TPSA) is 66.8 Å². The lowest BCUT2D eigenvalue weighted by atomic mass is 10.0. The first-order valence-corrected chi connectivity index (χ1v) is 6.36. The number of carboxylic acid groups (broad SMARTS) is 1. The lowest BCUT2D eigenvalue weighted by Crippen LogP contribution is -2.34. The van der Waals surface area contributed by atoms with Gasteiger partial charge in [-0.05, 0) is 31.5 Å². The second kappa shape index (κ2) is 6.52. The Balaban J connectivity index is 2.63. The lowest BCUT2D eigenvalue weighted by molar-refractivity contribution is -0.135. The average Bonchev–Trinajstić information content (AvgIpc) is 2.38. The first-order valence-electron chi connectivity index (χ1n) is 6.36. The minimum atomic E-state index is -0.956. The molecule has 0 atom stereocenters. The minimum Gasteiger partial charge on any atom is -0.478 e. The van der Waals surface area contributed by atoms with Crippen LogP contribution in [0.4, 0.5) is 0 Å². The molecule has 0 fully saturated rings. The maximum atomic E-state index is 12.0. The van der Waals surface area contributed by atoms with Crippen LogP contribution < -0.4 is 0 Å². The number of carboxylic acids is 1. The van der Waals surface area contributed by atoms with Crippen LogP contribution in [0.25, 0.3) is 0 Å². The van der Waals surface area contributed by atoms with Gasteiger partial charge in [-0.1, -0.05) is 12.1 Å². The Hall–Kier alpha value is -1.88. The van der Waals surface area contributed by atoms with Crippen LogP contribution in [0, 0.1) is 0 Å². The van der Waals surface area contributed by atoms with E-state index in [0.717, 1.165) is 5.56 Å². The van der Waals surface area contributed by atoms with E-state index in [1.165, 1.54) is 12.1 Å². The molecule has 0 spiro atoms. The second-order valence-electron chi connectivity index (χ2n) is 5.39. The quantitative estimate of drug-likeness (QED) is 0.866. The number of carbonyl (C=O) groups excluding carboxylic acids is 1. The van der Waals surface area contributed by atoms with Gasteiger partial charge in [-0.25, -0.2) is 4.79 Å². The summed E-state index contributed by atoms with van der Waals surface area (Å²) in [4.78, 5) is 24.4. The van der Waals surface area contributed by atoms with Crippen molar-refractivity contribution >= 4 is 11.9 Å². The number of amides is 1. The predicted octanol–water partition coefficient (Wildman–Crippen LogP) is 2.16. The fourth-order valence-corrected chi connectivity index (χ4v) is 1.69. The molecule has 1 aromatic carbocycles. The van der Waals surface area contributed by atoms with Gasteiger partial charge in [0.2, 0.25) is 5.91 Å². The summed E-state index contributed by atoms with van der Waals surface area (Å²) in [6, 6.07) is 6.51. The van der Waals surface area contributed by atoms with Crippen molar-refractivity contribution < 1.29 is 19.4 Å². The second-order valence-corrected chi connectivity index (χ2v) is 5.39. The molecule has 0 saturated heterocycles. The molecule has 0 bridgehead atoms. The molecule has 1 N–H and O–H groups in total. The van der Waals surface area contributed by atoms with E-state index in [2.05, 4.69) is 0 Å². The smallest absolute Gasteiger partial charge is 0.335 e. The molecular weight excluding hydrogens is 258 g/mol. The maximum Gasteiger partial charge on any atom is 0.335 e. The fraction of sp³-hybridized carbons (Fsp3) is 0.467. The molecular formula is C15H21NO4. The summed E-state index contributed by atoms with van der Waals surface area (Å²) in [5.74, 6) is -0.970. The molecule has 5 heteroatoms. The molecule has 0 saturated carbocycles. The van der Waals surface area contributed by atoms with E-state index in [9.17, 15) is 9.59 Å². The Morgan fingerprint density at radius 3 is 2.25 bits per heavy atom. The van der Waals surface area contributed by atoms with E-state index in [4.69, 9.17) is 9.84 Å². The highest BCUT2D eigenvalue weighted by Gasteiger charge is 2.23. The number of methoxy groups -OCH3 is 1. The van der Waals surface area contributed by atoms with E-state index in [1.54, 1.807) is 31.2 Å². The molecule has 0 heterocycles. The summed E-state index contributed by atoms with van der Waals surface area (Å²) in [5.41, 5.74) is 0.641. The third-order valence-electron chi connectivity index (χ3n) is 3.18. The molecule has 1 aromatic rings. The molecule has 1 amide bonds. The van der Waals surface area contributed by atoms with Crippen molar-refractivity contribution in [3.8, 4) is 0 Å². The van der Waals surface area contributed by atoms with Crippen molar-refractivity contribution in [3.63, 3.8) is 0 Å². The molecule has 0 radical (unpaired) electrons. The first-order chi connectivity index (χ1) is 9.25. The SMILES string of the molecule is COC(C)(C)CC(=O)N(C)Cc1ccc(C(=O)O)cc1. The van der Waals surface area contributed by atoms with E-state index in [-0.39, 0.29) is 11.5 Å². The average molecular weight is 279 g/mol. The van der Waals surface area contributed by atoms with Crippen molar-refractivity contribution in [1.82, 2.24) is 4.90 Å². The normalized spacial score (nSPS) is 11.2. The van der Waals surface area contributed by atoms with Gasteiger partial charge in [0.1, 0.15) is 0 Å². The Morgan fingerprint density at radius 1 is 1.25 bits per heavy atom. The monoisotopic (exact) mass is 279 g/mol. The zero-order chi connectivity index (χ0) is 15.3. The lowest BCUT2D eigenvalue weighted by Gasteiger charge is -2.25. The van der Waals surface area contributed by atoms with Crippen molar-refractivity contribution in [2.45, 2.75) is 32.4 Å². The molecule has 110 valence electrons. The van der Waals surface area contributed by atoms with Crippen LogP contribution in [0.5, 0.6) is 0 Å². The van der Waals surface area contributed by atoms with Gasteiger partial charge in [0, 0.05) is 20.7 Å². The largest absolute Gasteiger partial charge is 0.478 e. The van der Waals surface area contributed by atoms with Gasteiger partial charge in [0.05, 0.1) is 17.6 Å². The number of ether oxygens (including phenoxy) is 1. The van der Waals surface area contributed by atoms with Gasteiger partial charge >= 0.3 is 5.97 Å². The number of hydrogen-bond donors (Lipinski definition) is 1. The highest BCUT2D eigenvalue weighted by molar-refractivity contribution is 5.87. The van der Waals surface area contributed by atoms with E-state index in [0.29, 0.717) is 13.0 Å². The molecule has 0 aliphatic rings. The van der Waals surface area contributed by atoms with E-state index < -0.39 is 11.6 Å².